The number of nitrogens with one attached hydrogen (secondary N) is 1. The van der Waals surface area contributed by atoms with Crippen LogP contribution >= 0.6 is 11.3 Å². The summed E-state index contributed by atoms with van der Waals surface area (Å²) < 4.78 is 6.37. The maximum absolute atomic E-state index is 6.37. The van der Waals surface area contributed by atoms with Crippen molar-refractivity contribution in [3.63, 3.8) is 0 Å². The van der Waals surface area contributed by atoms with E-state index in [1.54, 1.807) is 11.3 Å². The first kappa shape index (κ1) is 13.7. The molecule has 1 aliphatic rings. The summed E-state index contributed by atoms with van der Waals surface area (Å²) in [6, 6.07) is 10.8. The molecule has 1 atom stereocenters. The van der Waals surface area contributed by atoms with Gasteiger partial charge in [-0.25, -0.2) is 0 Å². The molecule has 0 radical (unpaired) electrons. The zero-order valence-electron chi connectivity index (χ0n) is 11.9. The highest BCUT2D eigenvalue weighted by Crippen LogP contribution is 2.35. The lowest BCUT2D eigenvalue weighted by molar-refractivity contribution is 0.197. The molecule has 2 aromatic rings. The number of ether oxygens (including phenoxy) is 1. The minimum Gasteiger partial charge on any atom is -0.485 e. The third-order valence-corrected chi connectivity index (χ3v) is 4.85. The number of aryl methyl sites for hydroxylation is 1. The smallest absolute Gasteiger partial charge is 0.134 e. The fourth-order valence-corrected chi connectivity index (χ4v) is 3.65. The van der Waals surface area contributed by atoms with Crippen LogP contribution in [0, 0.1) is 0 Å². The van der Waals surface area contributed by atoms with Crippen LogP contribution in [0.15, 0.2) is 35.7 Å². The van der Waals surface area contributed by atoms with Crippen molar-refractivity contribution in [1.82, 2.24) is 5.32 Å². The molecule has 0 amide bonds. The second-order valence-electron chi connectivity index (χ2n) is 5.26. The molecule has 3 heteroatoms. The lowest BCUT2D eigenvalue weighted by Crippen LogP contribution is -2.16. The molecular formula is C17H21NOS. The zero-order chi connectivity index (χ0) is 13.8. The Kier molecular flexibility index (Phi) is 4.38. The zero-order valence-corrected chi connectivity index (χ0v) is 12.7. The van der Waals surface area contributed by atoms with Crippen LogP contribution in [0.4, 0.5) is 0 Å². The number of thiophene rings is 1. The molecule has 1 N–H and O–H groups in total. The Balaban J connectivity index is 1.81. The number of hydrogen-bond donors (Lipinski definition) is 1. The summed E-state index contributed by atoms with van der Waals surface area (Å²) in [4.78, 5) is 1.32. The number of rotatable bonds is 6. The molecule has 106 valence electrons. The van der Waals surface area contributed by atoms with Gasteiger partial charge in [0.25, 0.3) is 0 Å². The third kappa shape index (κ3) is 2.89. The second-order valence-corrected chi connectivity index (χ2v) is 6.24. The van der Waals surface area contributed by atoms with Gasteiger partial charge in [0, 0.05) is 11.3 Å². The Bertz CT molecular complexity index is 550. The van der Waals surface area contributed by atoms with Crippen molar-refractivity contribution in [1.29, 1.82) is 0 Å². The maximum Gasteiger partial charge on any atom is 0.134 e. The predicted molar refractivity (Wildman–Crippen MR) is 84.7 cm³/mol. The molecule has 0 saturated carbocycles. The lowest BCUT2D eigenvalue weighted by atomic mass is 10.1. The van der Waals surface area contributed by atoms with Crippen molar-refractivity contribution >= 4 is 11.3 Å². The minimum atomic E-state index is 0.162. The molecule has 0 spiro atoms. The largest absolute Gasteiger partial charge is 0.485 e. The van der Waals surface area contributed by atoms with Gasteiger partial charge in [-0.2, -0.15) is 0 Å². The molecular weight excluding hydrogens is 266 g/mol. The molecule has 0 fully saturated rings. The molecule has 2 nitrogen and oxygen atoms in total. The van der Waals surface area contributed by atoms with Gasteiger partial charge in [-0.3, -0.25) is 0 Å². The number of hydrogen-bond acceptors (Lipinski definition) is 3. The van der Waals surface area contributed by atoms with E-state index in [-0.39, 0.29) is 6.10 Å². The van der Waals surface area contributed by atoms with Crippen LogP contribution in [0.2, 0.25) is 0 Å². The van der Waals surface area contributed by atoms with E-state index in [0.29, 0.717) is 0 Å². The average Bonchev–Trinajstić information content (AvgIpc) is 3.14. The summed E-state index contributed by atoms with van der Waals surface area (Å²) in [5, 5.41) is 5.35. The molecule has 3 rings (SSSR count). The highest BCUT2D eigenvalue weighted by atomic mass is 32.1. The first-order valence-electron chi connectivity index (χ1n) is 7.34. The van der Waals surface area contributed by atoms with Crippen molar-refractivity contribution in [3.8, 4) is 5.75 Å². The van der Waals surface area contributed by atoms with E-state index in [9.17, 15) is 0 Å². The van der Waals surface area contributed by atoms with Crippen LogP contribution in [-0.4, -0.2) is 13.6 Å². The normalized spacial score (nSPS) is 15.1. The topological polar surface area (TPSA) is 21.3 Å². The summed E-state index contributed by atoms with van der Waals surface area (Å²) in [6.45, 7) is 0.970. The molecule has 20 heavy (non-hydrogen) atoms. The molecule has 0 bridgehead atoms. The lowest BCUT2D eigenvalue weighted by Gasteiger charge is -2.20. The number of benzene rings is 1. The van der Waals surface area contributed by atoms with Gasteiger partial charge >= 0.3 is 0 Å². The Morgan fingerprint density at radius 1 is 1.25 bits per heavy atom. The standard InChI is InChI=1S/C17H21NOS/c1-18-11-10-16(17-9-4-12-20-17)19-15-8-3-6-13-5-2-7-14(13)15/h3-4,6,8-9,12,16,18H,2,5,7,10-11H2,1H3. The van der Waals surface area contributed by atoms with Crippen LogP contribution in [0.25, 0.3) is 0 Å². The van der Waals surface area contributed by atoms with Crippen LogP contribution < -0.4 is 10.1 Å². The van der Waals surface area contributed by atoms with Gasteiger partial charge in [-0.1, -0.05) is 18.2 Å². The highest BCUT2D eigenvalue weighted by Gasteiger charge is 2.19. The Hall–Kier alpha value is -1.32. The van der Waals surface area contributed by atoms with E-state index in [1.165, 1.54) is 28.8 Å². The highest BCUT2D eigenvalue weighted by molar-refractivity contribution is 7.10. The van der Waals surface area contributed by atoms with E-state index >= 15 is 0 Å². The van der Waals surface area contributed by atoms with E-state index in [2.05, 4.69) is 41.0 Å². The van der Waals surface area contributed by atoms with Gasteiger partial charge in [0.15, 0.2) is 0 Å². The second kappa shape index (κ2) is 6.42. The summed E-state index contributed by atoms with van der Waals surface area (Å²) in [6.07, 6.45) is 4.78. The SMILES string of the molecule is CNCCC(Oc1cccc2c1CCC2)c1cccs1. The van der Waals surface area contributed by atoms with Gasteiger partial charge < -0.3 is 10.1 Å². The monoisotopic (exact) mass is 287 g/mol. The summed E-state index contributed by atoms with van der Waals surface area (Å²) in [7, 11) is 1.99. The van der Waals surface area contributed by atoms with Crippen LogP contribution in [-0.2, 0) is 12.8 Å². The summed E-state index contributed by atoms with van der Waals surface area (Å²) in [5.41, 5.74) is 2.90. The van der Waals surface area contributed by atoms with Gasteiger partial charge in [0.2, 0.25) is 0 Å². The van der Waals surface area contributed by atoms with Crippen molar-refractivity contribution < 1.29 is 4.74 Å². The van der Waals surface area contributed by atoms with E-state index < -0.39 is 0 Å². The third-order valence-electron chi connectivity index (χ3n) is 3.89. The Morgan fingerprint density at radius 2 is 2.20 bits per heavy atom. The summed E-state index contributed by atoms with van der Waals surface area (Å²) in [5.74, 6) is 1.09. The molecule has 0 saturated heterocycles. The van der Waals surface area contributed by atoms with E-state index in [4.69, 9.17) is 4.74 Å². The van der Waals surface area contributed by atoms with Crippen LogP contribution in [0.1, 0.15) is 34.9 Å². The minimum absolute atomic E-state index is 0.162. The van der Waals surface area contributed by atoms with Crippen molar-refractivity contribution in [2.24, 2.45) is 0 Å². The van der Waals surface area contributed by atoms with Crippen molar-refractivity contribution in [2.45, 2.75) is 31.8 Å². The van der Waals surface area contributed by atoms with Crippen LogP contribution in [0.5, 0.6) is 5.75 Å². The quantitative estimate of drug-likeness (QED) is 0.868. The van der Waals surface area contributed by atoms with Gasteiger partial charge in [0.1, 0.15) is 11.9 Å². The fourth-order valence-electron chi connectivity index (χ4n) is 2.86. The predicted octanol–water partition coefficient (Wildman–Crippen LogP) is 3.97. The molecule has 1 unspecified atom stereocenters. The summed E-state index contributed by atoms with van der Waals surface area (Å²) >= 11 is 1.78. The molecule has 1 aromatic heterocycles. The van der Waals surface area contributed by atoms with Gasteiger partial charge in [0.05, 0.1) is 0 Å². The average molecular weight is 287 g/mol. The Morgan fingerprint density at radius 3 is 3.00 bits per heavy atom. The first-order valence-corrected chi connectivity index (χ1v) is 8.22. The van der Waals surface area contributed by atoms with E-state index in [1.807, 2.05) is 7.05 Å². The van der Waals surface area contributed by atoms with Gasteiger partial charge in [-0.15, -0.1) is 11.3 Å². The molecule has 1 aliphatic carbocycles. The maximum atomic E-state index is 6.37. The Labute approximate surface area is 124 Å². The molecule has 0 aliphatic heterocycles. The molecule has 1 aromatic carbocycles. The van der Waals surface area contributed by atoms with Crippen molar-refractivity contribution in [2.75, 3.05) is 13.6 Å². The van der Waals surface area contributed by atoms with E-state index in [0.717, 1.165) is 25.1 Å². The van der Waals surface area contributed by atoms with Crippen molar-refractivity contribution in [3.05, 3.63) is 51.7 Å². The van der Waals surface area contributed by atoms with Crippen LogP contribution in [0.3, 0.4) is 0 Å². The first-order chi connectivity index (χ1) is 9.88. The van der Waals surface area contributed by atoms with Gasteiger partial charge in [-0.05, 0) is 61.5 Å². The number of fused-ring (bicyclic) bond motifs is 1. The fraction of sp³-hybridized carbons (Fsp3) is 0.412. The molecule has 1 heterocycles.